The first-order valence-corrected chi connectivity index (χ1v) is 10.6. The molecule has 1 aliphatic heterocycles. The number of benzene rings is 1. The number of hydrogen-bond acceptors (Lipinski definition) is 6. The molecule has 2 N–H and O–H groups in total. The number of fused-ring (bicyclic) bond motifs is 1. The second-order valence-corrected chi connectivity index (χ2v) is 8.87. The van der Waals surface area contributed by atoms with Crippen molar-refractivity contribution in [1.29, 1.82) is 0 Å². The van der Waals surface area contributed by atoms with E-state index in [4.69, 9.17) is 0 Å². The Morgan fingerprint density at radius 1 is 1.23 bits per heavy atom. The van der Waals surface area contributed by atoms with Crippen molar-refractivity contribution in [2.75, 3.05) is 23.9 Å². The predicted molar refractivity (Wildman–Crippen MR) is 116 cm³/mol. The molecule has 2 heterocycles. The van der Waals surface area contributed by atoms with E-state index in [0.717, 1.165) is 4.88 Å². The second kappa shape index (κ2) is 8.89. The van der Waals surface area contributed by atoms with Crippen LogP contribution in [0.25, 0.3) is 0 Å². The fourth-order valence-corrected chi connectivity index (χ4v) is 4.54. The van der Waals surface area contributed by atoms with Gasteiger partial charge in [0.15, 0.2) is 0 Å². The van der Waals surface area contributed by atoms with Crippen LogP contribution in [-0.2, 0) is 29.3 Å². The summed E-state index contributed by atoms with van der Waals surface area (Å²) in [6.45, 7) is 3.34. The summed E-state index contributed by atoms with van der Waals surface area (Å²) in [5.41, 5.74) is 0.928. The number of anilines is 2. The van der Waals surface area contributed by atoms with Gasteiger partial charge in [-0.1, -0.05) is 6.07 Å². The number of rotatable bonds is 8. The molecule has 1 unspecified atom stereocenters. The monoisotopic (exact) mass is 444 g/mol. The smallest absolute Gasteiger partial charge is 0.325 e. The predicted octanol–water partition coefficient (Wildman–Crippen LogP) is 3.13. The average molecular weight is 445 g/mol. The number of carbonyl (C=O) groups excluding carboxylic acids is 3. The molecule has 0 bridgehead atoms. The average Bonchev–Trinajstić information content (AvgIpc) is 3.30. The van der Waals surface area contributed by atoms with Crippen molar-refractivity contribution in [3.05, 3.63) is 46.2 Å². The minimum atomic E-state index is -0.963. The molecular formula is C22H24N2O6S. The maximum Gasteiger partial charge on any atom is 0.325 e. The van der Waals surface area contributed by atoms with Gasteiger partial charge >= 0.3 is 11.9 Å². The van der Waals surface area contributed by atoms with Gasteiger partial charge in [0.2, 0.25) is 11.8 Å². The van der Waals surface area contributed by atoms with E-state index in [-0.39, 0.29) is 31.2 Å². The van der Waals surface area contributed by atoms with Gasteiger partial charge < -0.3 is 20.1 Å². The molecule has 0 saturated carbocycles. The largest absolute Gasteiger partial charge is 0.481 e. The van der Waals surface area contributed by atoms with Gasteiger partial charge in [-0.05, 0) is 49.1 Å². The Kier molecular flexibility index (Phi) is 6.45. The van der Waals surface area contributed by atoms with Gasteiger partial charge in [0.1, 0.15) is 6.54 Å². The summed E-state index contributed by atoms with van der Waals surface area (Å²) in [4.78, 5) is 50.6. The van der Waals surface area contributed by atoms with E-state index in [0.29, 0.717) is 16.9 Å². The van der Waals surface area contributed by atoms with Crippen molar-refractivity contribution in [3.63, 3.8) is 0 Å². The molecule has 1 aromatic carbocycles. The van der Waals surface area contributed by atoms with Crippen LogP contribution in [0.15, 0.2) is 35.7 Å². The van der Waals surface area contributed by atoms with Gasteiger partial charge in [0, 0.05) is 28.6 Å². The molecule has 0 radical (unpaired) electrons. The molecule has 2 aromatic rings. The quantitative estimate of drug-likeness (QED) is 0.605. The number of carbonyl (C=O) groups is 4. The van der Waals surface area contributed by atoms with Crippen LogP contribution in [0.4, 0.5) is 11.4 Å². The number of esters is 1. The number of methoxy groups -OCH3 is 1. The normalized spacial score (nSPS) is 15.3. The number of amides is 2. The number of carboxylic acid groups (broad SMARTS) is 1. The SMILES string of the molecule is COC(=O)CN1C(=O)C(C)(C)c2cc(NC(=O)CC(CC(=O)O)c3cccs3)ccc21. The molecule has 0 fully saturated rings. The first-order chi connectivity index (χ1) is 14.6. The van der Waals surface area contributed by atoms with Crippen molar-refractivity contribution in [1.82, 2.24) is 0 Å². The third-order valence-electron chi connectivity index (χ3n) is 5.34. The number of nitrogens with zero attached hydrogens (tertiary/aromatic N) is 1. The van der Waals surface area contributed by atoms with Crippen LogP contribution in [0, 0.1) is 0 Å². The summed E-state index contributed by atoms with van der Waals surface area (Å²) in [7, 11) is 1.27. The minimum Gasteiger partial charge on any atom is -0.481 e. The molecule has 9 heteroatoms. The molecular weight excluding hydrogens is 420 g/mol. The summed E-state index contributed by atoms with van der Waals surface area (Å²) in [5.74, 6) is -2.44. The number of aliphatic carboxylic acids is 1. The summed E-state index contributed by atoms with van der Waals surface area (Å²) >= 11 is 1.42. The first-order valence-electron chi connectivity index (χ1n) is 9.71. The Morgan fingerprint density at radius 2 is 1.97 bits per heavy atom. The van der Waals surface area contributed by atoms with E-state index in [1.54, 1.807) is 32.0 Å². The van der Waals surface area contributed by atoms with Crippen LogP contribution in [-0.4, -0.2) is 42.5 Å². The minimum absolute atomic E-state index is 0.0285. The van der Waals surface area contributed by atoms with Crippen LogP contribution in [0.2, 0.25) is 0 Å². The standard InChI is InChI=1S/C22H24N2O6S/c1-22(2)15-11-14(6-7-16(15)24(21(22)29)12-20(28)30-3)23-18(25)9-13(10-19(26)27)17-5-4-8-31-17/h4-8,11,13H,9-10,12H2,1-3H3,(H,23,25)(H,26,27). The fourth-order valence-electron chi connectivity index (χ4n) is 3.71. The van der Waals surface area contributed by atoms with Gasteiger partial charge in [-0.2, -0.15) is 0 Å². The Bertz CT molecular complexity index is 1020. The van der Waals surface area contributed by atoms with Gasteiger partial charge in [-0.3, -0.25) is 19.2 Å². The number of carboxylic acids is 1. The summed E-state index contributed by atoms with van der Waals surface area (Å²) in [6.07, 6.45) is -0.108. The highest BCUT2D eigenvalue weighted by atomic mass is 32.1. The number of thiophene rings is 1. The highest BCUT2D eigenvalue weighted by molar-refractivity contribution is 7.10. The molecule has 0 spiro atoms. The third kappa shape index (κ3) is 4.77. The lowest BCUT2D eigenvalue weighted by Gasteiger charge is -2.19. The summed E-state index contributed by atoms with van der Waals surface area (Å²) < 4.78 is 4.68. The van der Waals surface area contributed by atoms with Gasteiger partial charge in [-0.15, -0.1) is 11.3 Å². The maximum absolute atomic E-state index is 12.8. The van der Waals surface area contributed by atoms with E-state index in [1.165, 1.54) is 23.3 Å². The molecule has 2 amide bonds. The molecule has 0 saturated heterocycles. The summed E-state index contributed by atoms with van der Waals surface area (Å²) in [5, 5.41) is 13.8. The zero-order chi connectivity index (χ0) is 22.8. The van der Waals surface area contributed by atoms with Crippen molar-refractivity contribution in [2.45, 2.75) is 38.0 Å². The maximum atomic E-state index is 12.8. The molecule has 1 atom stereocenters. The lowest BCUT2D eigenvalue weighted by Crippen LogP contribution is -2.39. The molecule has 3 rings (SSSR count). The lowest BCUT2D eigenvalue weighted by atomic mass is 9.86. The number of nitrogens with one attached hydrogen (secondary N) is 1. The van der Waals surface area contributed by atoms with E-state index in [2.05, 4.69) is 10.1 Å². The number of ether oxygens (including phenoxy) is 1. The lowest BCUT2D eigenvalue weighted by molar-refractivity contribution is -0.140. The van der Waals surface area contributed by atoms with Crippen LogP contribution in [0.3, 0.4) is 0 Å². The molecule has 8 nitrogen and oxygen atoms in total. The van der Waals surface area contributed by atoms with Crippen molar-refractivity contribution in [3.8, 4) is 0 Å². The molecule has 1 aromatic heterocycles. The van der Waals surface area contributed by atoms with Crippen LogP contribution in [0.5, 0.6) is 0 Å². The van der Waals surface area contributed by atoms with Crippen molar-refractivity contribution >= 4 is 46.5 Å². The zero-order valence-corrected chi connectivity index (χ0v) is 18.3. The van der Waals surface area contributed by atoms with Crippen molar-refractivity contribution < 1.29 is 29.0 Å². The van der Waals surface area contributed by atoms with Gasteiger partial charge in [-0.25, -0.2) is 0 Å². The van der Waals surface area contributed by atoms with Crippen molar-refractivity contribution in [2.24, 2.45) is 0 Å². The van der Waals surface area contributed by atoms with E-state index in [1.807, 2.05) is 17.5 Å². The summed E-state index contributed by atoms with van der Waals surface area (Å²) in [6, 6.07) is 8.72. The Morgan fingerprint density at radius 3 is 2.58 bits per heavy atom. The molecule has 0 aliphatic carbocycles. The Hall–Kier alpha value is -3.20. The van der Waals surface area contributed by atoms with E-state index >= 15 is 0 Å². The highest BCUT2D eigenvalue weighted by Crippen LogP contribution is 2.42. The van der Waals surface area contributed by atoms with Gasteiger partial charge in [0.25, 0.3) is 0 Å². The highest BCUT2D eigenvalue weighted by Gasteiger charge is 2.44. The van der Waals surface area contributed by atoms with Crippen LogP contribution in [0.1, 0.15) is 43.0 Å². The fraction of sp³-hybridized carbons (Fsp3) is 0.364. The Balaban J connectivity index is 1.78. The molecule has 31 heavy (non-hydrogen) atoms. The van der Waals surface area contributed by atoms with Crippen LogP contribution >= 0.6 is 11.3 Å². The van der Waals surface area contributed by atoms with E-state index in [9.17, 15) is 24.3 Å². The first kappa shape index (κ1) is 22.5. The topological polar surface area (TPSA) is 113 Å². The zero-order valence-electron chi connectivity index (χ0n) is 17.5. The number of hydrogen-bond donors (Lipinski definition) is 2. The van der Waals surface area contributed by atoms with E-state index < -0.39 is 23.3 Å². The van der Waals surface area contributed by atoms with Gasteiger partial charge in [0.05, 0.1) is 18.9 Å². The third-order valence-corrected chi connectivity index (χ3v) is 6.37. The Labute approximate surface area is 183 Å². The molecule has 164 valence electrons. The molecule has 1 aliphatic rings. The second-order valence-electron chi connectivity index (χ2n) is 7.89. The van der Waals surface area contributed by atoms with Crippen LogP contribution < -0.4 is 10.2 Å².